The van der Waals surface area contributed by atoms with Gasteiger partial charge in [-0.25, -0.2) is 0 Å². The second kappa shape index (κ2) is 4.03. The Morgan fingerprint density at radius 3 is 2.53 bits per heavy atom. The van der Waals surface area contributed by atoms with Gasteiger partial charge in [0.25, 0.3) is 0 Å². The lowest BCUT2D eigenvalue weighted by atomic mass is 9.88. The minimum absolute atomic E-state index is 0.0391. The Labute approximate surface area is 90.9 Å². The maximum Gasteiger partial charge on any atom is 0.124 e. The Hall–Kier alpha value is -1.34. The Morgan fingerprint density at radius 1 is 1.53 bits per heavy atom. The first kappa shape index (κ1) is 11.7. The molecular formula is C11H18N4. The first-order valence-electron chi connectivity index (χ1n) is 5.01. The average molecular weight is 206 g/mol. The highest BCUT2D eigenvalue weighted by molar-refractivity contribution is 5.30. The summed E-state index contributed by atoms with van der Waals surface area (Å²) in [6, 6.07) is 1.95. The van der Waals surface area contributed by atoms with Crippen molar-refractivity contribution >= 4 is 0 Å². The normalized spacial score (nSPS) is 13.6. The molecule has 0 bridgehead atoms. The molecule has 1 heterocycles. The quantitative estimate of drug-likeness (QED) is 0.797. The van der Waals surface area contributed by atoms with Gasteiger partial charge in [0.15, 0.2) is 0 Å². The third-order valence-electron chi connectivity index (χ3n) is 2.30. The van der Waals surface area contributed by atoms with Gasteiger partial charge in [-0.1, -0.05) is 20.8 Å². The van der Waals surface area contributed by atoms with E-state index in [-0.39, 0.29) is 11.5 Å². The largest absolute Gasteiger partial charge is 0.301 e. The number of nitrogens with zero attached hydrogens (tertiary/aromatic N) is 3. The highest BCUT2D eigenvalue weighted by Crippen LogP contribution is 2.27. The maximum atomic E-state index is 9.03. The molecule has 0 spiro atoms. The van der Waals surface area contributed by atoms with Crippen LogP contribution in [0.3, 0.4) is 0 Å². The van der Waals surface area contributed by atoms with Crippen LogP contribution in [0.15, 0.2) is 6.20 Å². The Balaban J connectivity index is 3.24. The molecule has 1 rings (SSSR count). The Bertz CT molecular complexity index is 378. The molecule has 15 heavy (non-hydrogen) atoms. The van der Waals surface area contributed by atoms with E-state index in [0.717, 1.165) is 11.3 Å². The molecule has 0 aromatic carbocycles. The number of aryl methyl sites for hydroxylation is 1. The topological polar surface area (TPSA) is 53.6 Å². The zero-order valence-corrected chi connectivity index (χ0v) is 10.00. The zero-order chi connectivity index (χ0) is 11.6. The highest BCUT2D eigenvalue weighted by atomic mass is 15.3. The molecule has 82 valence electrons. The van der Waals surface area contributed by atoms with E-state index < -0.39 is 0 Å². The molecule has 1 unspecified atom stereocenters. The first-order valence-corrected chi connectivity index (χ1v) is 5.01. The van der Waals surface area contributed by atoms with E-state index in [1.165, 1.54) is 0 Å². The molecule has 0 aliphatic heterocycles. The number of nitrogens with one attached hydrogen (secondary N) is 1. The number of aromatic nitrogens is 2. The molecular weight excluding hydrogens is 188 g/mol. The third-order valence-corrected chi connectivity index (χ3v) is 2.30. The molecule has 4 heteroatoms. The van der Waals surface area contributed by atoms with Crippen LogP contribution < -0.4 is 5.32 Å². The molecule has 0 aliphatic carbocycles. The number of nitriles is 1. The zero-order valence-electron chi connectivity index (χ0n) is 10.00. The lowest BCUT2D eigenvalue weighted by Gasteiger charge is -2.19. The second-order valence-corrected chi connectivity index (χ2v) is 4.71. The van der Waals surface area contributed by atoms with Gasteiger partial charge in [-0.05, 0) is 7.05 Å². The lowest BCUT2D eigenvalue weighted by Crippen LogP contribution is -2.20. The smallest absolute Gasteiger partial charge is 0.124 e. The van der Waals surface area contributed by atoms with Gasteiger partial charge in [0, 0.05) is 24.2 Å². The summed E-state index contributed by atoms with van der Waals surface area (Å²) in [4.78, 5) is 0. The summed E-state index contributed by atoms with van der Waals surface area (Å²) in [7, 11) is 3.66. The third kappa shape index (κ3) is 2.37. The van der Waals surface area contributed by atoms with E-state index in [0.29, 0.717) is 0 Å². The van der Waals surface area contributed by atoms with Gasteiger partial charge in [-0.2, -0.15) is 10.4 Å². The average Bonchev–Trinajstić information content (AvgIpc) is 2.49. The molecule has 0 aliphatic rings. The molecule has 1 N–H and O–H groups in total. The van der Waals surface area contributed by atoms with Gasteiger partial charge < -0.3 is 5.32 Å². The van der Waals surface area contributed by atoms with Crippen molar-refractivity contribution in [1.29, 1.82) is 5.26 Å². The van der Waals surface area contributed by atoms with E-state index in [1.54, 1.807) is 11.7 Å². The van der Waals surface area contributed by atoms with Gasteiger partial charge in [-0.3, -0.25) is 4.68 Å². The van der Waals surface area contributed by atoms with Crippen molar-refractivity contribution in [2.24, 2.45) is 7.05 Å². The van der Waals surface area contributed by atoms with Crippen LogP contribution in [-0.4, -0.2) is 16.8 Å². The van der Waals surface area contributed by atoms with Crippen LogP contribution >= 0.6 is 0 Å². The summed E-state index contributed by atoms with van der Waals surface area (Å²) < 4.78 is 1.76. The van der Waals surface area contributed by atoms with Crippen LogP contribution in [-0.2, 0) is 12.5 Å². The molecule has 0 fully saturated rings. The van der Waals surface area contributed by atoms with Gasteiger partial charge >= 0.3 is 0 Å². The number of hydrogen-bond acceptors (Lipinski definition) is 3. The summed E-state index contributed by atoms with van der Waals surface area (Å²) >= 11 is 0. The fourth-order valence-corrected chi connectivity index (χ4v) is 1.59. The Kier molecular flexibility index (Phi) is 3.15. The van der Waals surface area contributed by atoms with Crippen molar-refractivity contribution in [3.8, 4) is 6.07 Å². The van der Waals surface area contributed by atoms with Gasteiger partial charge in [0.2, 0.25) is 0 Å². The molecule has 0 saturated heterocycles. The minimum atomic E-state index is -0.284. The number of rotatable bonds is 2. The number of hydrogen-bond donors (Lipinski definition) is 1. The maximum absolute atomic E-state index is 9.03. The summed E-state index contributed by atoms with van der Waals surface area (Å²) in [6.07, 6.45) is 1.91. The van der Waals surface area contributed by atoms with Gasteiger partial charge in [-0.15, -0.1) is 0 Å². The summed E-state index contributed by atoms with van der Waals surface area (Å²) in [5, 5.41) is 16.4. The molecule has 0 saturated carbocycles. The fourth-order valence-electron chi connectivity index (χ4n) is 1.59. The van der Waals surface area contributed by atoms with Crippen molar-refractivity contribution in [2.45, 2.75) is 32.2 Å². The van der Waals surface area contributed by atoms with Crippen molar-refractivity contribution in [3.63, 3.8) is 0 Å². The fraction of sp³-hybridized carbons (Fsp3) is 0.636. The van der Waals surface area contributed by atoms with Crippen molar-refractivity contribution in [3.05, 3.63) is 17.5 Å². The molecule has 4 nitrogen and oxygen atoms in total. The highest BCUT2D eigenvalue weighted by Gasteiger charge is 2.25. The van der Waals surface area contributed by atoms with Crippen LogP contribution in [0, 0.1) is 11.3 Å². The summed E-state index contributed by atoms with van der Waals surface area (Å²) in [5.74, 6) is 0. The molecule has 0 radical (unpaired) electrons. The van der Waals surface area contributed by atoms with Gasteiger partial charge in [0.05, 0.1) is 11.8 Å². The summed E-state index contributed by atoms with van der Waals surface area (Å²) in [6.45, 7) is 6.30. The minimum Gasteiger partial charge on any atom is -0.301 e. The Morgan fingerprint density at radius 2 is 2.13 bits per heavy atom. The van der Waals surface area contributed by atoms with Crippen LogP contribution in [0.1, 0.15) is 38.1 Å². The van der Waals surface area contributed by atoms with Crippen molar-refractivity contribution < 1.29 is 0 Å². The SMILES string of the molecule is CNC(C#N)c1cn(C)nc1C(C)(C)C. The molecule has 0 amide bonds. The predicted octanol–water partition coefficient (Wildman–Crippen LogP) is 1.50. The molecule has 1 aromatic heterocycles. The van der Waals surface area contributed by atoms with Crippen LogP contribution in [0.5, 0.6) is 0 Å². The van der Waals surface area contributed by atoms with E-state index in [2.05, 4.69) is 37.3 Å². The van der Waals surface area contributed by atoms with E-state index in [9.17, 15) is 0 Å². The lowest BCUT2D eigenvalue weighted by molar-refractivity contribution is 0.542. The van der Waals surface area contributed by atoms with Crippen LogP contribution in [0.2, 0.25) is 0 Å². The van der Waals surface area contributed by atoms with E-state index >= 15 is 0 Å². The summed E-state index contributed by atoms with van der Waals surface area (Å²) in [5.41, 5.74) is 1.91. The van der Waals surface area contributed by atoms with Crippen molar-refractivity contribution in [1.82, 2.24) is 15.1 Å². The first-order chi connectivity index (χ1) is 6.90. The standard InChI is InChI=1S/C11H18N4/c1-11(2,3)10-8(7-15(5)14-10)9(6-12)13-4/h7,9,13H,1-5H3. The predicted molar refractivity (Wildman–Crippen MR) is 59.3 cm³/mol. The van der Waals surface area contributed by atoms with Crippen LogP contribution in [0.4, 0.5) is 0 Å². The molecule has 1 aromatic rings. The van der Waals surface area contributed by atoms with Gasteiger partial charge in [0.1, 0.15) is 6.04 Å². The monoisotopic (exact) mass is 206 g/mol. The second-order valence-electron chi connectivity index (χ2n) is 4.71. The van der Waals surface area contributed by atoms with E-state index in [1.807, 2.05) is 13.2 Å². The van der Waals surface area contributed by atoms with E-state index in [4.69, 9.17) is 5.26 Å². The van der Waals surface area contributed by atoms with Crippen molar-refractivity contribution in [2.75, 3.05) is 7.05 Å². The molecule has 1 atom stereocenters. The van der Waals surface area contributed by atoms with Crippen LogP contribution in [0.25, 0.3) is 0 Å².